The van der Waals surface area contributed by atoms with E-state index in [-0.39, 0.29) is 34.2 Å². The number of H-pyrrole nitrogens is 1. The van der Waals surface area contributed by atoms with Gasteiger partial charge in [0, 0.05) is 11.9 Å². The van der Waals surface area contributed by atoms with Gasteiger partial charge in [-0.1, -0.05) is 6.07 Å². The van der Waals surface area contributed by atoms with E-state index in [1.807, 2.05) is 32.0 Å². The summed E-state index contributed by atoms with van der Waals surface area (Å²) in [6.07, 6.45) is 1.41. The van der Waals surface area contributed by atoms with E-state index < -0.39 is 11.9 Å². The Morgan fingerprint density at radius 2 is 1.73 bits per heavy atom. The summed E-state index contributed by atoms with van der Waals surface area (Å²) in [6, 6.07) is 5.76. The molecule has 8 nitrogen and oxygen atoms in total. The highest BCUT2D eigenvalue weighted by atomic mass is 32.1. The average Bonchev–Trinajstić information content (AvgIpc) is 3.24. The second-order valence-corrected chi connectivity index (χ2v) is 8.49. The summed E-state index contributed by atoms with van der Waals surface area (Å²) in [5, 5.41) is 3.36. The minimum atomic E-state index is -0.577. The molecule has 0 aliphatic heterocycles. The standard InChI is InChI=1S/C24H27N3O5S/c1-7-31-23(29)19-15(5)20(24(30)32-8-2)33-21(19)25-12-18-16(6)26-27(22(18)28)17-10-9-13(3)14(4)11-17/h9-12,26H,7-8H2,1-6H3. The number of thiophene rings is 1. The minimum Gasteiger partial charge on any atom is -0.462 e. The van der Waals surface area contributed by atoms with Crippen molar-refractivity contribution in [3.05, 3.63) is 66.9 Å². The van der Waals surface area contributed by atoms with Crippen LogP contribution in [0.4, 0.5) is 5.00 Å². The molecule has 0 fully saturated rings. The van der Waals surface area contributed by atoms with Gasteiger partial charge in [0.05, 0.1) is 24.5 Å². The van der Waals surface area contributed by atoms with E-state index in [1.54, 1.807) is 27.7 Å². The minimum absolute atomic E-state index is 0.184. The number of benzene rings is 1. The zero-order valence-electron chi connectivity index (χ0n) is 19.6. The Kier molecular flexibility index (Phi) is 7.33. The number of hydrogen-bond donors (Lipinski definition) is 1. The van der Waals surface area contributed by atoms with E-state index >= 15 is 0 Å². The summed E-state index contributed by atoms with van der Waals surface area (Å²) in [7, 11) is 0. The molecule has 2 heterocycles. The highest BCUT2D eigenvalue weighted by Crippen LogP contribution is 2.36. The maximum Gasteiger partial charge on any atom is 0.348 e. The Labute approximate surface area is 195 Å². The number of carbonyl (C=O) groups is 2. The SMILES string of the molecule is CCOC(=O)c1sc(N=Cc2c(C)[nH]n(-c3ccc(C)c(C)c3)c2=O)c(C(=O)OCC)c1C. The van der Waals surface area contributed by atoms with E-state index in [1.165, 1.54) is 10.9 Å². The lowest BCUT2D eigenvalue weighted by Gasteiger charge is -2.05. The van der Waals surface area contributed by atoms with Crippen molar-refractivity contribution in [2.75, 3.05) is 13.2 Å². The molecule has 3 aromatic rings. The van der Waals surface area contributed by atoms with Gasteiger partial charge < -0.3 is 9.47 Å². The summed E-state index contributed by atoms with van der Waals surface area (Å²) in [5.41, 5.74) is 4.28. The summed E-state index contributed by atoms with van der Waals surface area (Å²) in [5.74, 6) is -1.10. The third-order valence-electron chi connectivity index (χ3n) is 5.25. The van der Waals surface area contributed by atoms with E-state index in [2.05, 4.69) is 10.1 Å². The van der Waals surface area contributed by atoms with Crippen LogP contribution in [0.25, 0.3) is 5.69 Å². The van der Waals surface area contributed by atoms with Crippen LogP contribution in [0.5, 0.6) is 0 Å². The predicted octanol–water partition coefficient (Wildman–Crippen LogP) is 4.56. The number of nitrogens with zero attached hydrogens (tertiary/aromatic N) is 2. The van der Waals surface area contributed by atoms with Crippen LogP contribution in [-0.4, -0.2) is 41.1 Å². The first-order chi connectivity index (χ1) is 15.7. The second-order valence-electron chi connectivity index (χ2n) is 7.50. The van der Waals surface area contributed by atoms with Crippen LogP contribution < -0.4 is 5.56 Å². The van der Waals surface area contributed by atoms with Crippen molar-refractivity contribution in [2.24, 2.45) is 4.99 Å². The smallest absolute Gasteiger partial charge is 0.348 e. The van der Waals surface area contributed by atoms with E-state index in [0.717, 1.165) is 28.2 Å². The lowest BCUT2D eigenvalue weighted by molar-refractivity contribution is 0.0527. The van der Waals surface area contributed by atoms with Crippen LogP contribution in [0.3, 0.4) is 0 Å². The average molecular weight is 470 g/mol. The first-order valence-corrected chi connectivity index (χ1v) is 11.4. The molecule has 33 heavy (non-hydrogen) atoms. The topological polar surface area (TPSA) is 103 Å². The van der Waals surface area contributed by atoms with Crippen molar-refractivity contribution in [2.45, 2.75) is 41.5 Å². The van der Waals surface area contributed by atoms with E-state index in [9.17, 15) is 14.4 Å². The molecular weight excluding hydrogens is 442 g/mol. The molecule has 1 aromatic carbocycles. The fourth-order valence-corrected chi connectivity index (χ4v) is 4.34. The molecular formula is C24H27N3O5S. The molecule has 0 aliphatic carbocycles. The number of aromatic nitrogens is 2. The molecule has 0 amide bonds. The van der Waals surface area contributed by atoms with Gasteiger partial charge in [0.25, 0.3) is 5.56 Å². The lowest BCUT2D eigenvalue weighted by Crippen LogP contribution is -2.17. The lowest BCUT2D eigenvalue weighted by atomic mass is 10.1. The van der Waals surface area contributed by atoms with Crippen molar-refractivity contribution in [3.63, 3.8) is 0 Å². The maximum atomic E-state index is 13.1. The van der Waals surface area contributed by atoms with E-state index in [0.29, 0.717) is 16.8 Å². The molecule has 0 radical (unpaired) electrons. The number of aliphatic imine (C=N–C) groups is 1. The van der Waals surface area contributed by atoms with E-state index in [4.69, 9.17) is 9.47 Å². The molecule has 0 unspecified atom stereocenters. The van der Waals surface area contributed by atoms with Crippen molar-refractivity contribution < 1.29 is 19.1 Å². The van der Waals surface area contributed by atoms with Gasteiger partial charge in [-0.3, -0.25) is 9.89 Å². The van der Waals surface area contributed by atoms with Crippen LogP contribution in [0, 0.1) is 27.7 Å². The monoisotopic (exact) mass is 469 g/mol. The van der Waals surface area contributed by atoms with Gasteiger partial charge >= 0.3 is 11.9 Å². The third-order valence-corrected chi connectivity index (χ3v) is 6.43. The first-order valence-electron chi connectivity index (χ1n) is 10.6. The van der Waals surface area contributed by atoms with Crippen LogP contribution in [0.15, 0.2) is 28.0 Å². The number of esters is 2. The summed E-state index contributed by atoms with van der Waals surface area (Å²) in [6.45, 7) is 11.2. The molecule has 0 saturated carbocycles. The third kappa shape index (κ3) is 4.83. The van der Waals surface area contributed by atoms with Gasteiger partial charge in [0.1, 0.15) is 15.4 Å². The zero-order valence-corrected chi connectivity index (χ0v) is 20.4. The normalized spacial score (nSPS) is 11.2. The van der Waals surface area contributed by atoms with Crippen molar-refractivity contribution in [3.8, 4) is 5.69 Å². The second kappa shape index (κ2) is 9.99. The Morgan fingerprint density at radius 3 is 2.36 bits per heavy atom. The highest BCUT2D eigenvalue weighted by Gasteiger charge is 2.26. The van der Waals surface area contributed by atoms with Gasteiger partial charge in [-0.25, -0.2) is 19.3 Å². The van der Waals surface area contributed by atoms with Gasteiger partial charge in [-0.05, 0) is 70.4 Å². The van der Waals surface area contributed by atoms with Crippen LogP contribution in [-0.2, 0) is 9.47 Å². The Hall–Kier alpha value is -3.46. The largest absolute Gasteiger partial charge is 0.462 e. The summed E-state index contributed by atoms with van der Waals surface area (Å²) in [4.78, 5) is 42.7. The molecule has 0 saturated heterocycles. The number of rotatable bonds is 7. The molecule has 3 rings (SSSR count). The van der Waals surface area contributed by atoms with Gasteiger partial charge in [0.2, 0.25) is 0 Å². The molecule has 9 heteroatoms. The number of aryl methyl sites for hydroxylation is 3. The van der Waals surface area contributed by atoms with Crippen LogP contribution in [0.1, 0.15) is 61.8 Å². The molecule has 1 N–H and O–H groups in total. The fraction of sp³-hybridized carbons (Fsp3) is 0.333. The van der Waals surface area contributed by atoms with Crippen molar-refractivity contribution in [1.29, 1.82) is 0 Å². The molecule has 2 aromatic heterocycles. The number of ether oxygens (including phenoxy) is 2. The number of carbonyl (C=O) groups excluding carboxylic acids is 2. The van der Waals surface area contributed by atoms with Crippen LogP contribution in [0.2, 0.25) is 0 Å². The predicted molar refractivity (Wildman–Crippen MR) is 129 cm³/mol. The molecule has 0 atom stereocenters. The number of aromatic amines is 1. The van der Waals surface area contributed by atoms with Gasteiger partial charge in [0.15, 0.2) is 0 Å². The highest BCUT2D eigenvalue weighted by molar-refractivity contribution is 7.18. The van der Waals surface area contributed by atoms with Gasteiger partial charge in [-0.15, -0.1) is 11.3 Å². The Morgan fingerprint density at radius 1 is 1.06 bits per heavy atom. The fourth-order valence-electron chi connectivity index (χ4n) is 3.31. The van der Waals surface area contributed by atoms with Crippen molar-refractivity contribution >= 4 is 34.5 Å². The number of hydrogen-bond acceptors (Lipinski definition) is 7. The number of nitrogens with one attached hydrogen (secondary N) is 1. The molecule has 0 bridgehead atoms. The molecule has 0 spiro atoms. The molecule has 174 valence electrons. The Bertz CT molecular complexity index is 1300. The quantitative estimate of drug-likeness (QED) is 0.403. The maximum absolute atomic E-state index is 13.1. The van der Waals surface area contributed by atoms with Crippen molar-refractivity contribution in [1.82, 2.24) is 9.78 Å². The summed E-state index contributed by atoms with van der Waals surface area (Å²) >= 11 is 1.03. The first kappa shape index (κ1) is 24.2. The molecule has 0 aliphatic rings. The summed E-state index contributed by atoms with van der Waals surface area (Å²) < 4.78 is 11.7. The zero-order chi connectivity index (χ0) is 24.3. The van der Waals surface area contributed by atoms with Gasteiger partial charge in [-0.2, -0.15) is 0 Å². The van der Waals surface area contributed by atoms with Crippen LogP contribution >= 0.6 is 11.3 Å². The Balaban J connectivity index is 2.06.